The van der Waals surface area contributed by atoms with Gasteiger partial charge in [-0.3, -0.25) is 9.78 Å². The van der Waals surface area contributed by atoms with Gasteiger partial charge in [-0.15, -0.1) is 5.10 Å². The minimum absolute atomic E-state index is 0.0135. The SMILES string of the molecule is Cc1nnn(-c2ccc(F)cc2)c1COc1ccc2c(n1)CCN(C(=O)c1ccncc1)C2. The molecule has 0 N–H and O–H groups in total. The third kappa shape index (κ3) is 4.30. The minimum atomic E-state index is -0.312. The van der Waals surface area contributed by atoms with Crippen LogP contribution in [-0.4, -0.2) is 42.3 Å². The fraction of sp³-hybridized carbons (Fsp3) is 0.208. The maximum atomic E-state index is 13.3. The van der Waals surface area contributed by atoms with Crippen molar-refractivity contribution in [3.63, 3.8) is 0 Å². The highest BCUT2D eigenvalue weighted by molar-refractivity contribution is 5.94. The molecule has 4 aromatic rings. The van der Waals surface area contributed by atoms with Crippen molar-refractivity contribution in [1.29, 1.82) is 0 Å². The first-order valence-corrected chi connectivity index (χ1v) is 10.6. The number of ether oxygens (including phenoxy) is 1. The molecule has 0 saturated heterocycles. The van der Waals surface area contributed by atoms with E-state index in [0.29, 0.717) is 36.6 Å². The van der Waals surface area contributed by atoms with E-state index in [1.165, 1.54) is 12.1 Å². The molecule has 3 aromatic heterocycles. The zero-order valence-electron chi connectivity index (χ0n) is 18.0. The van der Waals surface area contributed by atoms with Crippen molar-refractivity contribution < 1.29 is 13.9 Å². The average Bonchev–Trinajstić information content (AvgIpc) is 3.23. The average molecular weight is 444 g/mol. The van der Waals surface area contributed by atoms with E-state index in [-0.39, 0.29) is 18.3 Å². The lowest BCUT2D eigenvalue weighted by atomic mass is 10.0. The summed E-state index contributed by atoms with van der Waals surface area (Å²) in [6.07, 6.45) is 3.89. The van der Waals surface area contributed by atoms with Gasteiger partial charge in [0.2, 0.25) is 5.88 Å². The number of aromatic nitrogens is 5. The van der Waals surface area contributed by atoms with Gasteiger partial charge in [0.25, 0.3) is 5.91 Å². The van der Waals surface area contributed by atoms with Crippen LogP contribution in [0.3, 0.4) is 0 Å². The van der Waals surface area contributed by atoms with Gasteiger partial charge >= 0.3 is 0 Å². The molecule has 1 amide bonds. The van der Waals surface area contributed by atoms with E-state index in [1.807, 2.05) is 17.9 Å². The smallest absolute Gasteiger partial charge is 0.254 e. The molecule has 1 aliphatic rings. The van der Waals surface area contributed by atoms with Crippen LogP contribution in [-0.2, 0) is 19.6 Å². The van der Waals surface area contributed by atoms with Crippen molar-refractivity contribution in [2.24, 2.45) is 0 Å². The lowest BCUT2D eigenvalue weighted by Gasteiger charge is -2.28. The Morgan fingerprint density at radius 3 is 2.67 bits per heavy atom. The van der Waals surface area contributed by atoms with Crippen LogP contribution in [0.2, 0.25) is 0 Å². The number of benzene rings is 1. The number of nitrogens with zero attached hydrogens (tertiary/aromatic N) is 6. The van der Waals surface area contributed by atoms with Crippen LogP contribution in [0, 0.1) is 12.7 Å². The van der Waals surface area contributed by atoms with Crippen LogP contribution in [0.4, 0.5) is 4.39 Å². The maximum absolute atomic E-state index is 13.3. The van der Waals surface area contributed by atoms with Crippen molar-refractivity contribution in [1.82, 2.24) is 29.9 Å². The van der Waals surface area contributed by atoms with E-state index in [0.717, 1.165) is 22.6 Å². The molecule has 0 aliphatic carbocycles. The number of hydrogen-bond acceptors (Lipinski definition) is 6. The van der Waals surface area contributed by atoms with E-state index >= 15 is 0 Å². The number of halogens is 1. The van der Waals surface area contributed by atoms with Gasteiger partial charge in [-0.25, -0.2) is 14.1 Å². The lowest BCUT2D eigenvalue weighted by Crippen LogP contribution is -2.36. The predicted octanol–water partition coefficient (Wildman–Crippen LogP) is 3.28. The van der Waals surface area contributed by atoms with Gasteiger partial charge in [-0.05, 0) is 48.9 Å². The zero-order chi connectivity index (χ0) is 22.8. The van der Waals surface area contributed by atoms with Crippen molar-refractivity contribution in [2.45, 2.75) is 26.5 Å². The van der Waals surface area contributed by atoms with E-state index in [2.05, 4.69) is 20.3 Å². The molecule has 0 fully saturated rings. The summed E-state index contributed by atoms with van der Waals surface area (Å²) in [4.78, 5) is 23.2. The van der Waals surface area contributed by atoms with Gasteiger partial charge < -0.3 is 9.64 Å². The largest absolute Gasteiger partial charge is 0.471 e. The molecule has 0 unspecified atom stereocenters. The van der Waals surface area contributed by atoms with Crippen molar-refractivity contribution in [3.8, 4) is 11.6 Å². The molecule has 1 aliphatic heterocycles. The van der Waals surface area contributed by atoms with E-state index < -0.39 is 0 Å². The molecule has 5 rings (SSSR count). The van der Waals surface area contributed by atoms with Crippen LogP contribution in [0.1, 0.15) is 33.0 Å². The number of carbonyl (C=O) groups is 1. The first-order chi connectivity index (χ1) is 16.1. The normalized spacial score (nSPS) is 13.0. The Morgan fingerprint density at radius 1 is 1.09 bits per heavy atom. The molecule has 0 bridgehead atoms. The van der Waals surface area contributed by atoms with Gasteiger partial charge in [0, 0.05) is 43.5 Å². The highest BCUT2D eigenvalue weighted by Gasteiger charge is 2.23. The molecular formula is C24H21FN6O2. The number of pyridine rings is 2. The minimum Gasteiger partial charge on any atom is -0.471 e. The maximum Gasteiger partial charge on any atom is 0.254 e. The molecule has 0 atom stereocenters. The number of carbonyl (C=O) groups excluding carboxylic acids is 1. The van der Waals surface area contributed by atoms with Crippen molar-refractivity contribution in [3.05, 3.63) is 95.0 Å². The molecule has 4 heterocycles. The van der Waals surface area contributed by atoms with Gasteiger partial charge in [-0.1, -0.05) is 11.3 Å². The topological polar surface area (TPSA) is 86.0 Å². The Morgan fingerprint density at radius 2 is 1.88 bits per heavy atom. The van der Waals surface area contributed by atoms with E-state index in [4.69, 9.17) is 4.74 Å². The lowest BCUT2D eigenvalue weighted by molar-refractivity contribution is 0.0733. The quantitative estimate of drug-likeness (QED) is 0.470. The highest BCUT2D eigenvalue weighted by Crippen LogP contribution is 2.23. The Bertz CT molecular complexity index is 1290. The number of amides is 1. The van der Waals surface area contributed by atoms with Crippen molar-refractivity contribution >= 4 is 5.91 Å². The molecule has 0 radical (unpaired) electrons. The third-order valence-corrected chi connectivity index (χ3v) is 5.62. The summed E-state index contributed by atoms with van der Waals surface area (Å²) >= 11 is 0. The van der Waals surface area contributed by atoms with Gasteiger partial charge in [0.15, 0.2) is 0 Å². The molecular weight excluding hydrogens is 423 g/mol. The molecule has 1 aromatic carbocycles. The Labute approximate surface area is 189 Å². The van der Waals surface area contributed by atoms with Gasteiger partial charge in [0.1, 0.15) is 18.1 Å². The molecule has 0 saturated carbocycles. The van der Waals surface area contributed by atoms with Gasteiger partial charge in [-0.2, -0.15) is 0 Å². The number of fused-ring (bicyclic) bond motifs is 1. The summed E-state index contributed by atoms with van der Waals surface area (Å²) < 4.78 is 20.9. The van der Waals surface area contributed by atoms with Crippen LogP contribution < -0.4 is 4.74 Å². The molecule has 8 nitrogen and oxygen atoms in total. The highest BCUT2D eigenvalue weighted by atomic mass is 19.1. The molecule has 33 heavy (non-hydrogen) atoms. The monoisotopic (exact) mass is 444 g/mol. The van der Waals surface area contributed by atoms with Crippen LogP contribution in [0.25, 0.3) is 5.69 Å². The van der Waals surface area contributed by atoms with E-state index in [9.17, 15) is 9.18 Å². The Kier molecular flexibility index (Phi) is 5.52. The predicted molar refractivity (Wildman–Crippen MR) is 117 cm³/mol. The van der Waals surface area contributed by atoms with Crippen molar-refractivity contribution in [2.75, 3.05) is 6.54 Å². The Balaban J connectivity index is 1.28. The first kappa shape index (κ1) is 20.7. The summed E-state index contributed by atoms with van der Waals surface area (Å²) in [5, 5.41) is 8.28. The number of aryl methyl sites for hydroxylation is 1. The van der Waals surface area contributed by atoms with Crippen LogP contribution in [0.5, 0.6) is 5.88 Å². The van der Waals surface area contributed by atoms with Crippen LogP contribution in [0.15, 0.2) is 60.9 Å². The summed E-state index contributed by atoms with van der Waals surface area (Å²) in [6.45, 7) is 3.16. The summed E-state index contributed by atoms with van der Waals surface area (Å²) in [5.74, 6) is 0.169. The number of hydrogen-bond donors (Lipinski definition) is 0. The third-order valence-electron chi connectivity index (χ3n) is 5.62. The zero-order valence-corrected chi connectivity index (χ0v) is 18.0. The van der Waals surface area contributed by atoms with E-state index in [1.54, 1.807) is 47.4 Å². The summed E-state index contributed by atoms with van der Waals surface area (Å²) in [5.41, 5.74) is 4.74. The second-order valence-corrected chi connectivity index (χ2v) is 7.77. The fourth-order valence-corrected chi connectivity index (χ4v) is 3.80. The first-order valence-electron chi connectivity index (χ1n) is 10.6. The fourth-order valence-electron chi connectivity index (χ4n) is 3.80. The second-order valence-electron chi connectivity index (χ2n) is 7.77. The van der Waals surface area contributed by atoms with Crippen LogP contribution >= 0.6 is 0 Å². The summed E-state index contributed by atoms with van der Waals surface area (Å²) in [6, 6.07) is 13.2. The molecule has 0 spiro atoms. The summed E-state index contributed by atoms with van der Waals surface area (Å²) in [7, 11) is 0. The molecule has 166 valence electrons. The standard InChI is InChI=1S/C24H21FN6O2/c1-16-22(31(29-28-16)20-5-3-19(25)4-6-20)15-33-23-7-2-18-14-30(13-10-21(18)27-23)24(32)17-8-11-26-12-9-17/h2-9,11-12H,10,13-15H2,1H3. The Hall–Kier alpha value is -4.14. The molecule has 9 heteroatoms. The van der Waals surface area contributed by atoms with Gasteiger partial charge in [0.05, 0.1) is 17.1 Å². The second kappa shape index (κ2) is 8.78. The number of rotatable bonds is 5.